The first-order chi connectivity index (χ1) is 6.15. The Balaban J connectivity index is 2.53. The van der Waals surface area contributed by atoms with E-state index in [0.717, 1.165) is 17.8 Å². The first-order valence-corrected chi connectivity index (χ1v) is 5.90. The van der Waals surface area contributed by atoms with Crippen molar-refractivity contribution in [2.45, 2.75) is 58.9 Å². The van der Waals surface area contributed by atoms with Crippen LogP contribution in [0.1, 0.15) is 52.9 Å². The average molecular weight is 183 g/mol. The maximum absolute atomic E-state index is 6.27. The Hall–Kier alpha value is -0.0400. The average Bonchev–Trinajstić information content (AvgIpc) is 2.19. The Labute approximate surface area is 83.1 Å². The van der Waals surface area contributed by atoms with E-state index in [9.17, 15) is 0 Å². The van der Waals surface area contributed by atoms with E-state index >= 15 is 0 Å². The standard InChI is InChI=1S/C12H25N/c1-4-5-11-7-6-9(2)8-10(3)12(11)13/h9-12H,4-8,13H2,1-3H3. The molecule has 0 aromatic heterocycles. The van der Waals surface area contributed by atoms with Gasteiger partial charge in [0.1, 0.15) is 0 Å². The van der Waals surface area contributed by atoms with Crippen molar-refractivity contribution in [1.29, 1.82) is 0 Å². The summed E-state index contributed by atoms with van der Waals surface area (Å²) in [7, 11) is 0. The fraction of sp³-hybridized carbons (Fsp3) is 1.00. The molecule has 4 unspecified atom stereocenters. The van der Waals surface area contributed by atoms with E-state index in [1.54, 1.807) is 0 Å². The Morgan fingerprint density at radius 3 is 2.54 bits per heavy atom. The largest absolute Gasteiger partial charge is 0.327 e. The summed E-state index contributed by atoms with van der Waals surface area (Å²) in [5.74, 6) is 2.42. The van der Waals surface area contributed by atoms with Crippen molar-refractivity contribution in [1.82, 2.24) is 0 Å². The molecule has 13 heavy (non-hydrogen) atoms. The van der Waals surface area contributed by atoms with Crippen LogP contribution in [0.4, 0.5) is 0 Å². The van der Waals surface area contributed by atoms with Gasteiger partial charge >= 0.3 is 0 Å². The van der Waals surface area contributed by atoms with Gasteiger partial charge in [0.15, 0.2) is 0 Å². The minimum Gasteiger partial charge on any atom is -0.327 e. The highest BCUT2D eigenvalue weighted by Crippen LogP contribution is 2.32. The van der Waals surface area contributed by atoms with Crippen molar-refractivity contribution in [2.24, 2.45) is 23.5 Å². The highest BCUT2D eigenvalue weighted by atomic mass is 14.7. The van der Waals surface area contributed by atoms with Crippen molar-refractivity contribution in [2.75, 3.05) is 0 Å². The summed E-state index contributed by atoms with van der Waals surface area (Å²) in [5.41, 5.74) is 6.27. The van der Waals surface area contributed by atoms with E-state index in [1.165, 1.54) is 32.1 Å². The Kier molecular flexibility index (Phi) is 4.24. The molecule has 0 aromatic rings. The molecular weight excluding hydrogens is 158 g/mol. The molecule has 1 heteroatoms. The molecule has 1 fully saturated rings. The lowest BCUT2D eigenvalue weighted by Crippen LogP contribution is -2.35. The lowest BCUT2D eigenvalue weighted by Gasteiger charge is -2.25. The van der Waals surface area contributed by atoms with Crippen LogP contribution in [-0.4, -0.2) is 6.04 Å². The summed E-state index contributed by atoms with van der Waals surface area (Å²) in [6.45, 7) is 6.97. The summed E-state index contributed by atoms with van der Waals surface area (Å²) >= 11 is 0. The van der Waals surface area contributed by atoms with Crippen LogP contribution in [0.3, 0.4) is 0 Å². The molecule has 2 N–H and O–H groups in total. The molecule has 0 heterocycles. The van der Waals surface area contributed by atoms with E-state index in [1.807, 2.05) is 0 Å². The fourth-order valence-corrected chi connectivity index (χ4v) is 2.77. The van der Waals surface area contributed by atoms with Gasteiger partial charge in [-0.15, -0.1) is 0 Å². The molecule has 0 aliphatic heterocycles. The van der Waals surface area contributed by atoms with Crippen LogP contribution >= 0.6 is 0 Å². The minimum atomic E-state index is 0.463. The zero-order chi connectivity index (χ0) is 9.84. The quantitative estimate of drug-likeness (QED) is 0.654. The second-order valence-electron chi connectivity index (χ2n) is 5.02. The van der Waals surface area contributed by atoms with E-state index in [0.29, 0.717) is 6.04 Å². The second kappa shape index (κ2) is 4.99. The molecule has 1 saturated carbocycles. The topological polar surface area (TPSA) is 26.0 Å². The van der Waals surface area contributed by atoms with Gasteiger partial charge in [-0.3, -0.25) is 0 Å². The molecule has 1 rings (SSSR count). The van der Waals surface area contributed by atoms with Crippen LogP contribution in [0.5, 0.6) is 0 Å². The van der Waals surface area contributed by atoms with Crippen LogP contribution < -0.4 is 5.73 Å². The van der Waals surface area contributed by atoms with Gasteiger partial charge in [0.25, 0.3) is 0 Å². The second-order valence-corrected chi connectivity index (χ2v) is 5.02. The lowest BCUT2D eigenvalue weighted by molar-refractivity contribution is 0.308. The number of hydrogen-bond acceptors (Lipinski definition) is 1. The number of rotatable bonds is 2. The summed E-state index contributed by atoms with van der Waals surface area (Å²) in [6, 6.07) is 0.463. The van der Waals surface area contributed by atoms with Gasteiger partial charge in [-0.05, 0) is 37.0 Å². The fourth-order valence-electron chi connectivity index (χ4n) is 2.77. The van der Waals surface area contributed by atoms with E-state index in [-0.39, 0.29) is 0 Å². The molecule has 0 amide bonds. The zero-order valence-corrected chi connectivity index (χ0v) is 9.42. The maximum atomic E-state index is 6.27. The molecule has 1 aliphatic rings. The zero-order valence-electron chi connectivity index (χ0n) is 9.42. The third kappa shape index (κ3) is 2.98. The van der Waals surface area contributed by atoms with Gasteiger partial charge < -0.3 is 5.73 Å². The predicted octanol–water partition coefficient (Wildman–Crippen LogP) is 3.19. The normalized spacial score (nSPS) is 41.5. The molecule has 0 radical (unpaired) electrons. The van der Waals surface area contributed by atoms with Crippen molar-refractivity contribution in [3.05, 3.63) is 0 Å². The molecule has 0 aromatic carbocycles. The van der Waals surface area contributed by atoms with E-state index < -0.39 is 0 Å². The van der Waals surface area contributed by atoms with E-state index in [2.05, 4.69) is 20.8 Å². The Bertz CT molecular complexity index is 144. The SMILES string of the molecule is CCCC1CCC(C)CC(C)C1N. The third-order valence-electron chi connectivity index (χ3n) is 3.67. The molecule has 78 valence electrons. The Morgan fingerprint density at radius 2 is 1.92 bits per heavy atom. The summed E-state index contributed by atoms with van der Waals surface area (Å²) in [6.07, 6.45) is 6.71. The van der Waals surface area contributed by atoms with Crippen molar-refractivity contribution in [3.63, 3.8) is 0 Å². The molecule has 0 saturated heterocycles. The van der Waals surface area contributed by atoms with Crippen LogP contribution in [0.25, 0.3) is 0 Å². The smallest absolute Gasteiger partial charge is 0.00930 e. The van der Waals surface area contributed by atoms with E-state index in [4.69, 9.17) is 5.73 Å². The molecule has 1 aliphatic carbocycles. The molecule has 0 bridgehead atoms. The van der Waals surface area contributed by atoms with Crippen LogP contribution in [0.2, 0.25) is 0 Å². The third-order valence-corrected chi connectivity index (χ3v) is 3.67. The van der Waals surface area contributed by atoms with Gasteiger partial charge in [-0.25, -0.2) is 0 Å². The maximum Gasteiger partial charge on any atom is 0.00930 e. The predicted molar refractivity (Wildman–Crippen MR) is 58.6 cm³/mol. The van der Waals surface area contributed by atoms with Gasteiger partial charge in [0.05, 0.1) is 0 Å². The van der Waals surface area contributed by atoms with Crippen molar-refractivity contribution >= 4 is 0 Å². The summed E-state index contributed by atoms with van der Waals surface area (Å²) in [4.78, 5) is 0. The molecule has 1 nitrogen and oxygen atoms in total. The first kappa shape index (κ1) is 11.0. The summed E-state index contributed by atoms with van der Waals surface area (Å²) in [5, 5.41) is 0. The first-order valence-electron chi connectivity index (χ1n) is 5.90. The minimum absolute atomic E-state index is 0.463. The van der Waals surface area contributed by atoms with Crippen LogP contribution in [-0.2, 0) is 0 Å². The van der Waals surface area contributed by atoms with Gasteiger partial charge in [-0.1, -0.05) is 33.6 Å². The number of nitrogens with two attached hydrogens (primary N) is 1. The highest BCUT2D eigenvalue weighted by molar-refractivity contribution is 4.82. The van der Waals surface area contributed by atoms with Gasteiger partial charge in [0, 0.05) is 6.04 Å². The summed E-state index contributed by atoms with van der Waals surface area (Å²) < 4.78 is 0. The molecule has 4 atom stereocenters. The van der Waals surface area contributed by atoms with Crippen molar-refractivity contribution < 1.29 is 0 Å². The van der Waals surface area contributed by atoms with Gasteiger partial charge in [-0.2, -0.15) is 0 Å². The molecule has 0 spiro atoms. The van der Waals surface area contributed by atoms with Crippen molar-refractivity contribution in [3.8, 4) is 0 Å². The van der Waals surface area contributed by atoms with Crippen LogP contribution in [0.15, 0.2) is 0 Å². The lowest BCUT2D eigenvalue weighted by atomic mass is 9.86. The van der Waals surface area contributed by atoms with Crippen LogP contribution in [0, 0.1) is 17.8 Å². The highest BCUT2D eigenvalue weighted by Gasteiger charge is 2.27. The Morgan fingerprint density at radius 1 is 1.23 bits per heavy atom. The van der Waals surface area contributed by atoms with Gasteiger partial charge in [0.2, 0.25) is 0 Å². The number of hydrogen-bond donors (Lipinski definition) is 1. The molecular formula is C12H25N. The monoisotopic (exact) mass is 183 g/mol.